The molecule has 0 aromatic rings. The first-order valence-electron chi connectivity index (χ1n) is 3.47. The number of rotatable bonds is 1. The van der Waals surface area contributed by atoms with Gasteiger partial charge >= 0.3 is 35.5 Å². The van der Waals surface area contributed by atoms with Crippen LogP contribution in [0.2, 0.25) is 0 Å². The Morgan fingerprint density at radius 1 is 1.29 bits per heavy atom. The molecule has 0 saturated heterocycles. The standard InChI is InChI=1S/C6H9NO6.Na/c8-2-1(6(12)13)7-5(11)4(10)3(2)9;/h1-4,8-10H,(H,7,11)(H,12,13);/q;+1/p-1/t1-,2+,3+,4-;/m1./s1. The topological polar surface area (TPSA) is 133 Å². The monoisotopic (exact) mass is 213 g/mol. The normalized spacial score (nSPS) is 36.9. The van der Waals surface area contributed by atoms with Gasteiger partial charge in [0.25, 0.3) is 0 Å². The van der Waals surface area contributed by atoms with Crippen molar-refractivity contribution in [3.63, 3.8) is 0 Å². The number of carboxylic acid groups (broad SMARTS) is 1. The smallest absolute Gasteiger partial charge is 0.860 e. The third-order valence-electron chi connectivity index (χ3n) is 1.77. The van der Waals surface area contributed by atoms with Gasteiger partial charge in [-0.25, -0.2) is 4.79 Å². The summed E-state index contributed by atoms with van der Waals surface area (Å²) in [7, 11) is 0. The molecular formula is C6H8NNaO6. The van der Waals surface area contributed by atoms with Crippen molar-refractivity contribution in [2.45, 2.75) is 24.4 Å². The molecule has 0 aliphatic carbocycles. The van der Waals surface area contributed by atoms with E-state index in [9.17, 15) is 9.90 Å². The van der Waals surface area contributed by atoms with Crippen LogP contribution < -0.4 is 34.7 Å². The van der Waals surface area contributed by atoms with E-state index in [0.717, 1.165) is 0 Å². The number of aliphatic carboxylic acids is 1. The fraction of sp³-hybridized carbons (Fsp3) is 0.667. The Kier molecular flexibility index (Phi) is 4.99. The van der Waals surface area contributed by atoms with Gasteiger partial charge in [0.05, 0.1) is 0 Å². The van der Waals surface area contributed by atoms with E-state index in [1.165, 1.54) is 0 Å². The number of carboxylic acids is 1. The average molecular weight is 213 g/mol. The van der Waals surface area contributed by atoms with E-state index in [-0.39, 0.29) is 29.6 Å². The molecule has 0 saturated carbocycles. The zero-order valence-corrected chi connectivity index (χ0v) is 9.36. The number of aliphatic imine (C=N–C) groups is 1. The molecule has 0 aromatic heterocycles. The Bertz CT molecular complexity index is 257. The molecule has 0 amide bonds. The van der Waals surface area contributed by atoms with Crippen LogP contribution in [0.25, 0.3) is 0 Å². The minimum absolute atomic E-state index is 0. The van der Waals surface area contributed by atoms with Crippen molar-refractivity contribution in [1.82, 2.24) is 0 Å². The first kappa shape index (κ1) is 13.8. The van der Waals surface area contributed by atoms with Gasteiger partial charge in [0.1, 0.15) is 18.3 Å². The van der Waals surface area contributed by atoms with Crippen molar-refractivity contribution in [1.29, 1.82) is 0 Å². The van der Waals surface area contributed by atoms with Crippen LogP contribution in [0.1, 0.15) is 0 Å². The summed E-state index contributed by atoms with van der Waals surface area (Å²) >= 11 is 0. The van der Waals surface area contributed by atoms with Crippen LogP contribution in [0.5, 0.6) is 0 Å². The summed E-state index contributed by atoms with van der Waals surface area (Å²) in [5, 5.41) is 46.1. The quantitative estimate of drug-likeness (QED) is 0.320. The second-order valence-corrected chi connectivity index (χ2v) is 2.68. The van der Waals surface area contributed by atoms with Gasteiger partial charge in [0.2, 0.25) is 0 Å². The second kappa shape index (κ2) is 5.06. The Balaban J connectivity index is 0.00000169. The van der Waals surface area contributed by atoms with E-state index in [1.807, 2.05) is 0 Å². The van der Waals surface area contributed by atoms with Gasteiger partial charge in [-0.3, -0.25) is 4.99 Å². The van der Waals surface area contributed by atoms with Gasteiger partial charge in [0, 0.05) is 0 Å². The number of hydrogen-bond donors (Lipinski definition) is 4. The van der Waals surface area contributed by atoms with Crippen molar-refractivity contribution >= 4 is 11.9 Å². The molecule has 0 fully saturated rings. The summed E-state index contributed by atoms with van der Waals surface area (Å²) in [6, 6.07) is -1.70. The molecule has 1 aliphatic rings. The molecule has 4 atom stereocenters. The van der Waals surface area contributed by atoms with E-state index in [4.69, 9.17) is 20.4 Å². The van der Waals surface area contributed by atoms with E-state index in [0.29, 0.717) is 0 Å². The summed E-state index contributed by atoms with van der Waals surface area (Å²) in [5.41, 5.74) is 0. The van der Waals surface area contributed by atoms with Crippen LogP contribution in [-0.4, -0.2) is 56.6 Å². The van der Waals surface area contributed by atoms with Gasteiger partial charge in [-0.15, -0.1) is 0 Å². The summed E-state index contributed by atoms with van der Waals surface area (Å²) in [6.07, 6.45) is -5.40. The molecule has 74 valence electrons. The molecule has 0 bridgehead atoms. The van der Waals surface area contributed by atoms with Crippen LogP contribution in [0, 0.1) is 0 Å². The predicted molar refractivity (Wildman–Crippen MR) is 36.9 cm³/mol. The van der Waals surface area contributed by atoms with E-state index in [1.54, 1.807) is 0 Å². The van der Waals surface area contributed by atoms with Crippen molar-refractivity contribution in [3.8, 4) is 0 Å². The Morgan fingerprint density at radius 3 is 2.21 bits per heavy atom. The number of nitrogens with zero attached hydrogens (tertiary/aromatic N) is 1. The molecule has 1 aliphatic heterocycles. The maximum Gasteiger partial charge on any atom is 1.00 e. The molecule has 4 N–H and O–H groups in total. The minimum atomic E-state index is -1.84. The van der Waals surface area contributed by atoms with Crippen molar-refractivity contribution in [2.75, 3.05) is 0 Å². The summed E-state index contributed by atoms with van der Waals surface area (Å²) < 4.78 is 0. The Labute approximate surface area is 101 Å². The van der Waals surface area contributed by atoms with Crippen LogP contribution in [-0.2, 0) is 4.79 Å². The number of hydrogen-bond acceptors (Lipinski definition) is 6. The molecule has 1 heterocycles. The van der Waals surface area contributed by atoms with Gasteiger partial charge in [-0.05, 0) is 5.90 Å². The summed E-state index contributed by atoms with van der Waals surface area (Å²) in [5.74, 6) is -2.66. The maximum absolute atomic E-state index is 10.7. The Hall–Kier alpha value is -0.180. The zero-order valence-electron chi connectivity index (χ0n) is 7.36. The van der Waals surface area contributed by atoms with Crippen LogP contribution in [0.15, 0.2) is 4.99 Å². The molecule has 0 unspecified atom stereocenters. The molecule has 14 heavy (non-hydrogen) atoms. The largest absolute Gasteiger partial charge is 1.00 e. The van der Waals surface area contributed by atoms with Crippen molar-refractivity contribution < 1.29 is 59.9 Å². The summed E-state index contributed by atoms with van der Waals surface area (Å²) in [4.78, 5) is 13.4. The fourth-order valence-electron chi connectivity index (χ4n) is 1.01. The first-order chi connectivity index (χ1) is 5.95. The fourth-order valence-corrected chi connectivity index (χ4v) is 1.01. The molecule has 7 nitrogen and oxygen atoms in total. The van der Waals surface area contributed by atoms with Gasteiger partial charge < -0.3 is 25.5 Å². The zero-order chi connectivity index (χ0) is 10.2. The third-order valence-corrected chi connectivity index (χ3v) is 1.77. The molecule has 0 radical (unpaired) electrons. The number of aliphatic hydroxyl groups is 3. The van der Waals surface area contributed by atoms with Crippen LogP contribution in [0.4, 0.5) is 0 Å². The summed E-state index contributed by atoms with van der Waals surface area (Å²) in [6.45, 7) is 0. The third kappa shape index (κ3) is 2.44. The average Bonchev–Trinajstić information content (AvgIpc) is 2.07. The molecule has 0 aromatic carbocycles. The van der Waals surface area contributed by atoms with E-state index < -0.39 is 36.2 Å². The minimum Gasteiger partial charge on any atom is -0.860 e. The van der Waals surface area contributed by atoms with Crippen LogP contribution in [0.3, 0.4) is 0 Å². The molecule has 8 heteroatoms. The van der Waals surface area contributed by atoms with Crippen LogP contribution >= 0.6 is 0 Å². The predicted octanol–water partition coefficient (Wildman–Crippen LogP) is -6.70. The second-order valence-electron chi connectivity index (χ2n) is 2.68. The van der Waals surface area contributed by atoms with Crippen molar-refractivity contribution in [2.24, 2.45) is 4.99 Å². The molecule has 0 spiro atoms. The molecule has 1 rings (SSSR count). The van der Waals surface area contributed by atoms with E-state index >= 15 is 0 Å². The van der Waals surface area contributed by atoms with E-state index in [2.05, 4.69) is 4.99 Å². The van der Waals surface area contributed by atoms with Crippen molar-refractivity contribution in [3.05, 3.63) is 0 Å². The molecular weight excluding hydrogens is 205 g/mol. The number of aliphatic hydroxyl groups excluding tert-OH is 3. The first-order valence-corrected chi connectivity index (χ1v) is 3.47. The van der Waals surface area contributed by atoms with Gasteiger partial charge in [0.15, 0.2) is 6.04 Å². The SMILES string of the molecule is O=C(O)[C@@H]1N=C([O-])[C@H](O)[C@@H](O)[C@H]1O.[Na+]. The van der Waals surface area contributed by atoms with Gasteiger partial charge in [-0.2, -0.15) is 0 Å². The maximum atomic E-state index is 10.7. The number of carbonyl (C=O) groups is 1. The van der Waals surface area contributed by atoms with Gasteiger partial charge in [-0.1, -0.05) is 0 Å². The Morgan fingerprint density at radius 2 is 1.79 bits per heavy atom.